The van der Waals surface area contributed by atoms with Crippen molar-refractivity contribution >= 4 is 28.9 Å². The average Bonchev–Trinajstić information content (AvgIpc) is 3.04. The van der Waals surface area contributed by atoms with Gasteiger partial charge < -0.3 is 10.1 Å². The molecule has 1 aromatic carbocycles. The number of aryl methyl sites for hydroxylation is 1. The Morgan fingerprint density at radius 2 is 2.00 bits per heavy atom. The first-order valence-electron chi connectivity index (χ1n) is 8.94. The lowest BCUT2D eigenvalue weighted by Gasteiger charge is -2.16. The van der Waals surface area contributed by atoms with Gasteiger partial charge in [-0.1, -0.05) is 19.1 Å². The number of fused-ring (bicyclic) bond motifs is 1. The van der Waals surface area contributed by atoms with E-state index in [1.807, 2.05) is 0 Å². The molecule has 0 fully saturated rings. The Bertz CT molecular complexity index is 891. The second kappa shape index (κ2) is 7.95. The van der Waals surface area contributed by atoms with Crippen molar-refractivity contribution in [3.8, 4) is 0 Å². The Balaban J connectivity index is 1.66. The summed E-state index contributed by atoms with van der Waals surface area (Å²) in [6.07, 6.45) is -2.94. The van der Waals surface area contributed by atoms with Gasteiger partial charge in [0.05, 0.1) is 11.3 Å². The average molecular weight is 411 g/mol. The lowest BCUT2D eigenvalue weighted by molar-refractivity contribution is -0.137. The quantitative estimate of drug-likeness (QED) is 0.714. The monoisotopic (exact) mass is 411 g/mol. The molecule has 0 unspecified atom stereocenters. The van der Waals surface area contributed by atoms with Crippen LogP contribution in [0.4, 0.5) is 18.9 Å². The van der Waals surface area contributed by atoms with Gasteiger partial charge in [0.1, 0.15) is 4.88 Å². The van der Waals surface area contributed by atoms with Gasteiger partial charge in [-0.3, -0.25) is 4.79 Å². The van der Waals surface area contributed by atoms with E-state index in [9.17, 15) is 22.8 Å². The van der Waals surface area contributed by atoms with Crippen LogP contribution in [0.1, 0.15) is 45.9 Å². The van der Waals surface area contributed by atoms with Gasteiger partial charge in [-0.2, -0.15) is 13.2 Å². The van der Waals surface area contributed by atoms with E-state index in [2.05, 4.69) is 12.2 Å². The molecule has 1 aliphatic rings. The Morgan fingerprint density at radius 1 is 1.29 bits per heavy atom. The maximum atomic E-state index is 13.0. The van der Waals surface area contributed by atoms with E-state index in [-0.39, 0.29) is 5.69 Å². The summed E-state index contributed by atoms with van der Waals surface area (Å²) in [5.41, 5.74) is -0.197. The molecule has 150 valence electrons. The predicted octanol–water partition coefficient (Wildman–Crippen LogP) is 5.08. The van der Waals surface area contributed by atoms with Crippen LogP contribution in [0.5, 0.6) is 0 Å². The topological polar surface area (TPSA) is 55.4 Å². The van der Waals surface area contributed by atoms with Crippen LogP contribution in [-0.4, -0.2) is 18.0 Å². The van der Waals surface area contributed by atoms with E-state index >= 15 is 0 Å². The predicted molar refractivity (Wildman–Crippen MR) is 100 cm³/mol. The molecule has 1 aromatic heterocycles. The molecule has 0 saturated carbocycles. The number of carbonyl (C=O) groups excluding carboxylic acids is 2. The van der Waals surface area contributed by atoms with Gasteiger partial charge in [0.15, 0.2) is 6.10 Å². The zero-order chi connectivity index (χ0) is 20.5. The van der Waals surface area contributed by atoms with Crippen molar-refractivity contribution in [1.29, 1.82) is 0 Å². The van der Waals surface area contributed by atoms with E-state index < -0.39 is 29.7 Å². The van der Waals surface area contributed by atoms with Gasteiger partial charge in [-0.25, -0.2) is 4.79 Å². The Morgan fingerprint density at radius 3 is 2.71 bits per heavy atom. The van der Waals surface area contributed by atoms with Crippen molar-refractivity contribution in [2.45, 2.75) is 45.4 Å². The van der Waals surface area contributed by atoms with Crippen molar-refractivity contribution in [2.24, 2.45) is 5.92 Å². The molecular formula is C20H20F3NO3S. The second-order valence-corrected chi connectivity index (χ2v) is 8.12. The van der Waals surface area contributed by atoms with Crippen molar-refractivity contribution in [1.82, 2.24) is 0 Å². The second-order valence-electron chi connectivity index (χ2n) is 6.99. The molecule has 0 aliphatic heterocycles. The highest BCUT2D eigenvalue weighted by Gasteiger charge is 2.34. The zero-order valence-electron chi connectivity index (χ0n) is 15.4. The van der Waals surface area contributed by atoms with Crippen LogP contribution in [0.2, 0.25) is 0 Å². The highest BCUT2D eigenvalue weighted by atomic mass is 32.1. The lowest BCUT2D eigenvalue weighted by atomic mass is 9.90. The first kappa shape index (κ1) is 20.4. The van der Waals surface area contributed by atoms with Gasteiger partial charge >= 0.3 is 12.1 Å². The maximum Gasteiger partial charge on any atom is 0.418 e. The molecule has 0 radical (unpaired) electrons. The molecule has 1 aliphatic carbocycles. The smallest absolute Gasteiger partial charge is 0.418 e. The number of nitrogens with one attached hydrogen (secondary N) is 1. The first-order chi connectivity index (χ1) is 13.1. The molecule has 1 heterocycles. The molecule has 2 atom stereocenters. The summed E-state index contributed by atoms with van der Waals surface area (Å²) in [5, 5.41) is 2.20. The molecule has 8 heteroatoms. The highest BCUT2D eigenvalue weighted by Crippen LogP contribution is 2.35. The molecule has 0 bridgehead atoms. The minimum atomic E-state index is -4.60. The molecule has 1 amide bonds. The standard InChI is InChI=1S/C20H20F3NO3S/c1-11-7-8-16-13(9-11)10-17(28-16)19(26)27-12(2)18(25)24-15-6-4-3-5-14(15)20(21,22)23/h3-6,10-12H,7-9H2,1-2H3,(H,24,25)/t11-,12-/m1/s1. The van der Waals surface area contributed by atoms with Crippen molar-refractivity contribution in [2.75, 3.05) is 5.32 Å². The number of thiophene rings is 1. The molecule has 0 saturated heterocycles. The number of amides is 1. The number of alkyl halides is 3. The fraction of sp³-hybridized carbons (Fsp3) is 0.400. The Labute approximate surface area is 164 Å². The molecular weight excluding hydrogens is 391 g/mol. The third-order valence-corrected chi connectivity index (χ3v) is 5.89. The van der Waals surface area contributed by atoms with Gasteiger partial charge in [-0.05, 0) is 55.9 Å². The lowest BCUT2D eigenvalue weighted by Crippen LogP contribution is -2.30. The van der Waals surface area contributed by atoms with Crippen LogP contribution in [0.3, 0.4) is 0 Å². The number of carbonyl (C=O) groups is 2. The molecule has 0 spiro atoms. The fourth-order valence-corrected chi connectivity index (χ4v) is 4.24. The SMILES string of the molecule is C[C@@H]1CCc2sc(C(=O)O[C@H](C)C(=O)Nc3ccccc3C(F)(F)F)cc2C1. The fourth-order valence-electron chi connectivity index (χ4n) is 3.15. The Kier molecular flexibility index (Phi) is 5.79. The van der Waals surface area contributed by atoms with Crippen LogP contribution in [0.15, 0.2) is 30.3 Å². The Hall–Kier alpha value is -2.35. The number of para-hydroxylation sites is 1. The molecule has 4 nitrogen and oxygen atoms in total. The molecule has 3 rings (SSSR count). The third kappa shape index (κ3) is 4.55. The third-order valence-electron chi connectivity index (χ3n) is 4.67. The van der Waals surface area contributed by atoms with Crippen molar-refractivity contribution < 1.29 is 27.5 Å². The van der Waals surface area contributed by atoms with E-state index in [0.717, 1.165) is 41.8 Å². The molecule has 28 heavy (non-hydrogen) atoms. The summed E-state index contributed by atoms with van der Waals surface area (Å²) in [7, 11) is 0. The van der Waals surface area contributed by atoms with Gasteiger partial charge in [0.25, 0.3) is 5.91 Å². The maximum absolute atomic E-state index is 13.0. The van der Waals surface area contributed by atoms with Crippen molar-refractivity contribution in [3.63, 3.8) is 0 Å². The van der Waals surface area contributed by atoms with Crippen LogP contribution < -0.4 is 5.32 Å². The number of esters is 1. The summed E-state index contributed by atoms with van der Waals surface area (Å²) in [6, 6.07) is 6.45. The van der Waals surface area contributed by atoms with E-state index in [4.69, 9.17) is 4.74 Å². The number of halogens is 3. The summed E-state index contributed by atoms with van der Waals surface area (Å²) in [4.78, 5) is 26.2. The molecule has 1 N–H and O–H groups in total. The van der Waals surface area contributed by atoms with E-state index in [1.165, 1.54) is 30.4 Å². The molecule has 2 aromatic rings. The summed E-state index contributed by atoms with van der Waals surface area (Å²) in [6.45, 7) is 3.49. The summed E-state index contributed by atoms with van der Waals surface area (Å²) < 4.78 is 44.3. The number of hydrogen-bond acceptors (Lipinski definition) is 4. The normalized spacial score (nSPS) is 17.5. The zero-order valence-corrected chi connectivity index (χ0v) is 16.2. The van der Waals surface area contributed by atoms with Gasteiger partial charge in [0, 0.05) is 4.88 Å². The van der Waals surface area contributed by atoms with E-state index in [1.54, 1.807) is 6.07 Å². The number of ether oxygens (including phenoxy) is 1. The number of anilines is 1. The minimum absolute atomic E-state index is 0.372. The van der Waals surface area contributed by atoms with Crippen LogP contribution in [-0.2, 0) is 28.5 Å². The summed E-state index contributed by atoms with van der Waals surface area (Å²) in [5.74, 6) is -0.900. The first-order valence-corrected chi connectivity index (χ1v) is 9.76. The minimum Gasteiger partial charge on any atom is -0.448 e. The van der Waals surface area contributed by atoms with Crippen molar-refractivity contribution in [3.05, 3.63) is 51.2 Å². The van der Waals surface area contributed by atoms with Crippen LogP contribution >= 0.6 is 11.3 Å². The number of benzene rings is 1. The number of hydrogen-bond donors (Lipinski definition) is 1. The number of rotatable bonds is 4. The van der Waals surface area contributed by atoms with Crippen LogP contribution in [0.25, 0.3) is 0 Å². The summed E-state index contributed by atoms with van der Waals surface area (Å²) >= 11 is 1.35. The highest BCUT2D eigenvalue weighted by molar-refractivity contribution is 7.14. The van der Waals surface area contributed by atoms with E-state index in [0.29, 0.717) is 10.8 Å². The van der Waals surface area contributed by atoms with Gasteiger partial charge in [0.2, 0.25) is 0 Å². The largest absolute Gasteiger partial charge is 0.448 e. The van der Waals surface area contributed by atoms with Gasteiger partial charge in [-0.15, -0.1) is 11.3 Å². The van der Waals surface area contributed by atoms with Crippen LogP contribution in [0, 0.1) is 5.92 Å².